The van der Waals surface area contributed by atoms with Crippen LogP contribution in [0.25, 0.3) is 0 Å². The SMILES string of the molecule is COC(=O)c1ccccc1S(=O)(=O)N1CC[C@H](c2ccc(OC)cc2)C1. The fourth-order valence-electron chi connectivity index (χ4n) is 3.20. The maximum atomic E-state index is 13.1. The highest BCUT2D eigenvalue weighted by Crippen LogP contribution is 2.32. The number of hydrogen-bond acceptors (Lipinski definition) is 5. The van der Waals surface area contributed by atoms with Gasteiger partial charge in [-0.3, -0.25) is 0 Å². The summed E-state index contributed by atoms with van der Waals surface area (Å²) in [6.45, 7) is 0.790. The first-order valence-electron chi connectivity index (χ1n) is 8.29. The lowest BCUT2D eigenvalue weighted by molar-refractivity contribution is 0.0596. The molecular weight excluding hydrogens is 354 g/mol. The minimum absolute atomic E-state index is 0.0118. The van der Waals surface area contributed by atoms with Gasteiger partial charge in [-0.25, -0.2) is 13.2 Å². The molecule has 1 fully saturated rings. The number of rotatable bonds is 5. The molecule has 1 atom stereocenters. The largest absolute Gasteiger partial charge is 0.497 e. The number of carbonyl (C=O) groups excluding carboxylic acids is 1. The van der Waals surface area contributed by atoms with E-state index in [1.54, 1.807) is 19.2 Å². The van der Waals surface area contributed by atoms with Gasteiger partial charge in [-0.15, -0.1) is 0 Å². The number of ether oxygens (including phenoxy) is 2. The summed E-state index contributed by atoms with van der Waals surface area (Å²) < 4.78 is 37.4. The van der Waals surface area contributed by atoms with Gasteiger partial charge in [0, 0.05) is 13.1 Å². The molecule has 0 radical (unpaired) electrons. The monoisotopic (exact) mass is 375 g/mol. The number of esters is 1. The summed E-state index contributed by atoms with van der Waals surface area (Å²) in [5, 5.41) is 0. The first-order chi connectivity index (χ1) is 12.5. The predicted octanol–water partition coefficient (Wildman–Crippen LogP) is 2.66. The van der Waals surface area contributed by atoms with Crippen molar-refractivity contribution in [1.82, 2.24) is 4.31 Å². The minimum Gasteiger partial charge on any atom is -0.497 e. The maximum Gasteiger partial charge on any atom is 0.339 e. The predicted molar refractivity (Wildman–Crippen MR) is 96.9 cm³/mol. The standard InChI is InChI=1S/C19H21NO5S/c1-24-16-9-7-14(8-10-16)15-11-12-20(13-15)26(22,23)18-6-4-3-5-17(18)19(21)25-2/h3-10,15H,11-13H2,1-2H3/t15-/m0/s1. The lowest BCUT2D eigenvalue weighted by Gasteiger charge is -2.18. The molecule has 2 aromatic rings. The molecule has 0 aliphatic carbocycles. The van der Waals surface area contributed by atoms with E-state index >= 15 is 0 Å². The van der Waals surface area contributed by atoms with Crippen LogP contribution in [0.2, 0.25) is 0 Å². The van der Waals surface area contributed by atoms with Crippen LogP contribution in [0.4, 0.5) is 0 Å². The molecule has 0 aromatic heterocycles. The third-order valence-electron chi connectivity index (χ3n) is 4.65. The lowest BCUT2D eigenvalue weighted by atomic mass is 9.99. The van der Waals surface area contributed by atoms with Crippen molar-refractivity contribution in [1.29, 1.82) is 0 Å². The van der Waals surface area contributed by atoms with Gasteiger partial charge in [-0.1, -0.05) is 24.3 Å². The van der Waals surface area contributed by atoms with Crippen LogP contribution in [-0.2, 0) is 14.8 Å². The molecule has 2 aromatic carbocycles. The fraction of sp³-hybridized carbons (Fsp3) is 0.316. The second kappa shape index (κ2) is 7.47. The molecule has 7 heteroatoms. The van der Waals surface area contributed by atoms with Crippen LogP contribution in [-0.4, -0.2) is 46.0 Å². The van der Waals surface area contributed by atoms with Crippen molar-refractivity contribution in [2.75, 3.05) is 27.3 Å². The van der Waals surface area contributed by atoms with Gasteiger partial charge in [0.05, 0.1) is 24.7 Å². The smallest absolute Gasteiger partial charge is 0.339 e. The van der Waals surface area contributed by atoms with Crippen LogP contribution in [0, 0.1) is 0 Å². The second-order valence-electron chi connectivity index (χ2n) is 6.11. The molecule has 0 spiro atoms. The van der Waals surface area contributed by atoms with E-state index in [1.165, 1.54) is 23.5 Å². The Hall–Kier alpha value is -2.38. The maximum absolute atomic E-state index is 13.1. The fourth-order valence-corrected chi connectivity index (χ4v) is 4.88. The quantitative estimate of drug-likeness (QED) is 0.751. The van der Waals surface area contributed by atoms with E-state index in [2.05, 4.69) is 0 Å². The molecule has 0 N–H and O–H groups in total. The van der Waals surface area contributed by atoms with Crippen molar-refractivity contribution in [3.05, 3.63) is 59.7 Å². The molecule has 0 amide bonds. The minimum atomic E-state index is -3.77. The molecule has 1 saturated heterocycles. The average molecular weight is 375 g/mol. The van der Waals surface area contributed by atoms with Crippen molar-refractivity contribution < 1.29 is 22.7 Å². The van der Waals surface area contributed by atoms with E-state index in [9.17, 15) is 13.2 Å². The molecule has 3 rings (SSSR count). The Morgan fingerprint density at radius 2 is 1.77 bits per heavy atom. The normalized spacial score (nSPS) is 17.8. The van der Waals surface area contributed by atoms with Gasteiger partial charge in [0.15, 0.2) is 0 Å². The van der Waals surface area contributed by atoms with Crippen molar-refractivity contribution >= 4 is 16.0 Å². The van der Waals surface area contributed by atoms with E-state index in [4.69, 9.17) is 9.47 Å². The summed E-state index contributed by atoms with van der Waals surface area (Å²) in [6.07, 6.45) is 0.728. The second-order valence-corrected chi connectivity index (χ2v) is 8.02. The Labute approximate surface area is 153 Å². The zero-order valence-electron chi connectivity index (χ0n) is 14.7. The van der Waals surface area contributed by atoms with E-state index < -0.39 is 16.0 Å². The highest BCUT2D eigenvalue weighted by molar-refractivity contribution is 7.89. The summed E-state index contributed by atoms with van der Waals surface area (Å²) in [5.74, 6) is 0.222. The molecule has 1 aliphatic rings. The van der Waals surface area contributed by atoms with E-state index in [0.717, 1.165) is 17.7 Å². The van der Waals surface area contributed by atoms with E-state index in [-0.39, 0.29) is 16.4 Å². The first kappa shape index (κ1) is 18.4. The summed E-state index contributed by atoms with van der Waals surface area (Å²) in [5.41, 5.74) is 1.13. The van der Waals surface area contributed by atoms with E-state index in [1.807, 2.05) is 24.3 Å². The van der Waals surface area contributed by atoms with Crippen LogP contribution in [0.15, 0.2) is 53.4 Å². The van der Waals surface area contributed by atoms with Crippen LogP contribution < -0.4 is 4.74 Å². The van der Waals surface area contributed by atoms with Crippen molar-refractivity contribution in [3.63, 3.8) is 0 Å². The van der Waals surface area contributed by atoms with Gasteiger partial charge < -0.3 is 9.47 Å². The highest BCUT2D eigenvalue weighted by atomic mass is 32.2. The third kappa shape index (κ3) is 3.45. The molecule has 0 saturated carbocycles. The number of methoxy groups -OCH3 is 2. The van der Waals surface area contributed by atoms with Crippen LogP contribution >= 0.6 is 0 Å². The topological polar surface area (TPSA) is 72.9 Å². The average Bonchev–Trinajstić information content (AvgIpc) is 3.18. The summed E-state index contributed by atoms with van der Waals surface area (Å²) >= 11 is 0. The molecular formula is C19H21NO5S. The Kier molecular flexibility index (Phi) is 5.29. The van der Waals surface area contributed by atoms with Gasteiger partial charge >= 0.3 is 5.97 Å². The lowest BCUT2D eigenvalue weighted by Crippen LogP contribution is -2.30. The number of sulfonamides is 1. The number of nitrogens with zero attached hydrogens (tertiary/aromatic N) is 1. The molecule has 1 heterocycles. The van der Waals surface area contributed by atoms with Gasteiger partial charge in [0.2, 0.25) is 10.0 Å². The first-order valence-corrected chi connectivity index (χ1v) is 9.73. The van der Waals surface area contributed by atoms with Gasteiger partial charge in [-0.2, -0.15) is 4.31 Å². The Balaban J connectivity index is 1.84. The van der Waals surface area contributed by atoms with Crippen molar-refractivity contribution in [2.24, 2.45) is 0 Å². The Morgan fingerprint density at radius 3 is 2.42 bits per heavy atom. The van der Waals surface area contributed by atoms with Crippen LogP contribution in [0.3, 0.4) is 0 Å². The molecule has 0 bridgehead atoms. The van der Waals surface area contributed by atoms with Crippen molar-refractivity contribution in [3.8, 4) is 5.75 Å². The Bertz CT molecular complexity index is 892. The van der Waals surface area contributed by atoms with E-state index in [0.29, 0.717) is 13.1 Å². The third-order valence-corrected chi connectivity index (χ3v) is 6.57. The molecule has 0 unspecified atom stereocenters. The molecule has 6 nitrogen and oxygen atoms in total. The summed E-state index contributed by atoms with van der Waals surface area (Å²) in [7, 11) is -0.924. The van der Waals surface area contributed by atoms with Gasteiger partial charge in [0.1, 0.15) is 5.75 Å². The molecule has 26 heavy (non-hydrogen) atoms. The Morgan fingerprint density at radius 1 is 1.08 bits per heavy atom. The van der Waals surface area contributed by atoms with Crippen LogP contribution in [0.1, 0.15) is 28.3 Å². The van der Waals surface area contributed by atoms with Crippen molar-refractivity contribution in [2.45, 2.75) is 17.2 Å². The zero-order valence-corrected chi connectivity index (χ0v) is 15.5. The molecule has 138 valence electrons. The number of benzene rings is 2. The van der Waals surface area contributed by atoms with Gasteiger partial charge in [-0.05, 0) is 42.2 Å². The number of carbonyl (C=O) groups is 1. The highest BCUT2D eigenvalue weighted by Gasteiger charge is 2.35. The summed E-state index contributed by atoms with van der Waals surface area (Å²) in [4.78, 5) is 11.9. The van der Waals surface area contributed by atoms with Gasteiger partial charge in [0.25, 0.3) is 0 Å². The summed E-state index contributed by atoms with van der Waals surface area (Å²) in [6, 6.07) is 13.8. The number of hydrogen-bond donors (Lipinski definition) is 0. The zero-order chi connectivity index (χ0) is 18.7. The molecule has 1 aliphatic heterocycles. The van der Waals surface area contributed by atoms with Crippen LogP contribution in [0.5, 0.6) is 5.75 Å².